The van der Waals surface area contributed by atoms with Crippen LogP contribution in [0.1, 0.15) is 19.4 Å². The van der Waals surface area contributed by atoms with E-state index in [2.05, 4.69) is 33.4 Å². The first-order valence-corrected chi connectivity index (χ1v) is 7.14. The molecule has 0 atom stereocenters. The first-order chi connectivity index (χ1) is 9.66. The molecule has 1 aromatic rings. The number of halogens is 1. The van der Waals surface area contributed by atoms with Gasteiger partial charge in [0.1, 0.15) is 0 Å². The maximum atomic E-state index is 5.86. The third kappa shape index (κ3) is 5.70. The van der Waals surface area contributed by atoms with Crippen molar-refractivity contribution in [3.05, 3.63) is 29.8 Å². The Morgan fingerprint density at radius 3 is 2.67 bits per heavy atom. The maximum Gasteiger partial charge on any atom is 0.189 e. The zero-order valence-corrected chi connectivity index (χ0v) is 15.0. The molecular weight excluding hydrogens is 379 g/mol. The Bertz CT molecular complexity index is 459. The van der Waals surface area contributed by atoms with Crippen LogP contribution in [0.2, 0.25) is 0 Å². The van der Waals surface area contributed by atoms with Gasteiger partial charge in [0.15, 0.2) is 5.96 Å². The lowest BCUT2D eigenvalue weighted by Crippen LogP contribution is -2.37. The second-order valence-corrected chi connectivity index (χ2v) is 5.23. The van der Waals surface area contributed by atoms with Crippen molar-refractivity contribution in [2.75, 3.05) is 31.2 Å². The SMILES string of the molecule is CC(C)NC(N)=NCc1ccccc1N1CCOCC1.I. The molecule has 1 heterocycles. The molecule has 0 spiro atoms. The van der Waals surface area contributed by atoms with Gasteiger partial charge in [0, 0.05) is 24.8 Å². The predicted octanol–water partition coefficient (Wildman–Crippen LogP) is 1.95. The number of guanidine groups is 1. The molecule has 0 unspecified atom stereocenters. The summed E-state index contributed by atoms with van der Waals surface area (Å²) < 4.78 is 5.40. The summed E-state index contributed by atoms with van der Waals surface area (Å²) >= 11 is 0. The van der Waals surface area contributed by atoms with Crippen LogP contribution >= 0.6 is 24.0 Å². The standard InChI is InChI=1S/C15H24N4O.HI/c1-12(2)18-15(16)17-11-13-5-3-4-6-14(13)19-7-9-20-10-8-19;/h3-6,12H,7-11H2,1-2H3,(H3,16,17,18);1H. The van der Waals surface area contributed by atoms with Gasteiger partial charge in [-0.1, -0.05) is 18.2 Å². The summed E-state index contributed by atoms with van der Waals surface area (Å²) in [5.74, 6) is 0.497. The average molecular weight is 404 g/mol. The van der Waals surface area contributed by atoms with E-state index in [-0.39, 0.29) is 24.0 Å². The van der Waals surface area contributed by atoms with E-state index in [0.29, 0.717) is 18.5 Å². The first-order valence-electron chi connectivity index (χ1n) is 7.14. The Kier molecular flexibility index (Phi) is 7.81. The number of nitrogens with one attached hydrogen (secondary N) is 1. The summed E-state index contributed by atoms with van der Waals surface area (Å²) in [7, 11) is 0. The highest BCUT2D eigenvalue weighted by Gasteiger charge is 2.13. The van der Waals surface area contributed by atoms with Crippen LogP contribution in [0.3, 0.4) is 0 Å². The minimum absolute atomic E-state index is 0. The van der Waals surface area contributed by atoms with Gasteiger partial charge in [-0.25, -0.2) is 4.99 Å². The minimum Gasteiger partial charge on any atom is -0.378 e. The van der Waals surface area contributed by atoms with Gasteiger partial charge in [0.05, 0.1) is 19.8 Å². The second kappa shape index (κ2) is 9.09. The van der Waals surface area contributed by atoms with E-state index in [4.69, 9.17) is 10.5 Å². The Morgan fingerprint density at radius 1 is 1.33 bits per heavy atom. The number of hydrogen-bond acceptors (Lipinski definition) is 3. The fourth-order valence-corrected chi connectivity index (χ4v) is 2.27. The highest BCUT2D eigenvalue weighted by Crippen LogP contribution is 2.22. The van der Waals surface area contributed by atoms with Gasteiger partial charge in [-0.05, 0) is 25.5 Å². The quantitative estimate of drug-likeness (QED) is 0.458. The molecule has 1 aromatic carbocycles. The van der Waals surface area contributed by atoms with E-state index < -0.39 is 0 Å². The van der Waals surface area contributed by atoms with Crippen molar-refractivity contribution in [1.29, 1.82) is 0 Å². The van der Waals surface area contributed by atoms with Crippen LogP contribution in [-0.2, 0) is 11.3 Å². The predicted molar refractivity (Wildman–Crippen MR) is 98.5 cm³/mol. The lowest BCUT2D eigenvalue weighted by atomic mass is 10.1. The van der Waals surface area contributed by atoms with E-state index in [1.54, 1.807) is 0 Å². The van der Waals surface area contributed by atoms with Crippen molar-refractivity contribution in [1.82, 2.24) is 5.32 Å². The second-order valence-electron chi connectivity index (χ2n) is 5.23. The van der Waals surface area contributed by atoms with Gasteiger partial charge in [-0.2, -0.15) is 0 Å². The molecule has 0 aromatic heterocycles. The largest absolute Gasteiger partial charge is 0.378 e. The number of ether oxygens (including phenoxy) is 1. The number of anilines is 1. The van der Waals surface area contributed by atoms with Crippen molar-refractivity contribution in [3.63, 3.8) is 0 Å². The Balaban J connectivity index is 0.00000220. The summed E-state index contributed by atoms with van der Waals surface area (Å²) in [4.78, 5) is 6.76. The Morgan fingerprint density at radius 2 is 2.00 bits per heavy atom. The number of rotatable bonds is 4. The zero-order chi connectivity index (χ0) is 14.4. The van der Waals surface area contributed by atoms with Gasteiger partial charge in [0.25, 0.3) is 0 Å². The van der Waals surface area contributed by atoms with E-state index in [9.17, 15) is 0 Å². The highest BCUT2D eigenvalue weighted by molar-refractivity contribution is 14.0. The Labute approximate surface area is 144 Å². The van der Waals surface area contributed by atoms with Crippen molar-refractivity contribution >= 4 is 35.6 Å². The maximum absolute atomic E-state index is 5.86. The van der Waals surface area contributed by atoms with Gasteiger partial charge >= 0.3 is 0 Å². The lowest BCUT2D eigenvalue weighted by Gasteiger charge is -2.30. The fraction of sp³-hybridized carbons (Fsp3) is 0.533. The van der Waals surface area contributed by atoms with Gasteiger partial charge in [0.2, 0.25) is 0 Å². The molecule has 0 bridgehead atoms. The molecule has 1 fully saturated rings. The van der Waals surface area contributed by atoms with Crippen molar-refractivity contribution < 1.29 is 4.74 Å². The first kappa shape index (κ1) is 18.0. The normalized spacial score (nSPS) is 15.8. The average Bonchev–Trinajstić information content (AvgIpc) is 2.46. The zero-order valence-electron chi connectivity index (χ0n) is 12.7. The summed E-state index contributed by atoms with van der Waals surface area (Å²) in [5.41, 5.74) is 8.29. The third-order valence-electron chi connectivity index (χ3n) is 3.20. The summed E-state index contributed by atoms with van der Waals surface area (Å²) in [6.07, 6.45) is 0. The molecular formula is C15H25IN4O. The molecule has 0 radical (unpaired) electrons. The third-order valence-corrected chi connectivity index (χ3v) is 3.20. The molecule has 0 amide bonds. The molecule has 1 aliphatic rings. The van der Waals surface area contributed by atoms with Gasteiger partial charge in [-0.3, -0.25) is 0 Å². The van der Waals surface area contributed by atoms with Crippen LogP contribution in [0.15, 0.2) is 29.3 Å². The van der Waals surface area contributed by atoms with Crippen molar-refractivity contribution in [2.24, 2.45) is 10.7 Å². The van der Waals surface area contributed by atoms with E-state index >= 15 is 0 Å². The number of para-hydroxylation sites is 1. The molecule has 118 valence electrons. The van der Waals surface area contributed by atoms with Crippen LogP contribution in [0, 0.1) is 0 Å². The molecule has 5 nitrogen and oxygen atoms in total. The van der Waals surface area contributed by atoms with E-state index in [1.807, 2.05) is 19.9 Å². The molecule has 1 saturated heterocycles. The fourth-order valence-electron chi connectivity index (χ4n) is 2.27. The van der Waals surface area contributed by atoms with E-state index in [1.165, 1.54) is 11.3 Å². The number of morpholine rings is 1. The number of aliphatic imine (C=N–C) groups is 1. The highest BCUT2D eigenvalue weighted by atomic mass is 127. The van der Waals surface area contributed by atoms with E-state index in [0.717, 1.165) is 26.3 Å². The van der Waals surface area contributed by atoms with Crippen molar-refractivity contribution in [3.8, 4) is 0 Å². The lowest BCUT2D eigenvalue weighted by molar-refractivity contribution is 0.122. The summed E-state index contributed by atoms with van der Waals surface area (Å²) in [5, 5.41) is 3.11. The molecule has 6 heteroatoms. The smallest absolute Gasteiger partial charge is 0.189 e. The summed E-state index contributed by atoms with van der Waals surface area (Å²) in [6, 6.07) is 8.65. The van der Waals surface area contributed by atoms with Crippen LogP contribution in [0.4, 0.5) is 5.69 Å². The number of benzene rings is 1. The monoisotopic (exact) mass is 404 g/mol. The molecule has 2 rings (SSSR count). The van der Waals surface area contributed by atoms with Crippen LogP contribution in [-0.4, -0.2) is 38.3 Å². The number of nitrogens with two attached hydrogens (primary N) is 1. The minimum atomic E-state index is 0. The van der Waals surface area contributed by atoms with Crippen LogP contribution in [0.25, 0.3) is 0 Å². The van der Waals surface area contributed by atoms with Gasteiger partial charge < -0.3 is 20.7 Å². The molecule has 0 saturated carbocycles. The van der Waals surface area contributed by atoms with Crippen LogP contribution < -0.4 is 16.0 Å². The molecule has 21 heavy (non-hydrogen) atoms. The summed E-state index contributed by atoms with van der Waals surface area (Å²) in [6.45, 7) is 8.12. The molecule has 0 aliphatic carbocycles. The van der Waals surface area contributed by atoms with Crippen molar-refractivity contribution in [2.45, 2.75) is 26.4 Å². The topological polar surface area (TPSA) is 62.9 Å². The molecule has 1 aliphatic heterocycles. The number of hydrogen-bond donors (Lipinski definition) is 2. The molecule has 3 N–H and O–H groups in total. The van der Waals surface area contributed by atoms with Crippen LogP contribution in [0.5, 0.6) is 0 Å². The van der Waals surface area contributed by atoms with Gasteiger partial charge in [-0.15, -0.1) is 24.0 Å². The number of nitrogens with zero attached hydrogens (tertiary/aromatic N) is 2. The Hall–Kier alpha value is -1.02.